The average molecular weight is 448 g/mol. The number of rotatable bonds is 4. The lowest BCUT2D eigenvalue weighted by molar-refractivity contribution is -0.137. The van der Waals surface area contributed by atoms with E-state index >= 15 is 0 Å². The largest absolute Gasteiger partial charge is 0.416 e. The lowest BCUT2D eigenvalue weighted by Gasteiger charge is -2.09. The third-order valence-electron chi connectivity index (χ3n) is 5.14. The monoisotopic (exact) mass is 448 g/mol. The number of benzene rings is 2. The van der Waals surface area contributed by atoms with Crippen molar-refractivity contribution in [2.75, 3.05) is 5.32 Å². The third-order valence-corrected chi connectivity index (χ3v) is 5.14. The summed E-state index contributed by atoms with van der Waals surface area (Å²) in [5.41, 5.74) is 2.52. The second-order valence-electron chi connectivity index (χ2n) is 7.22. The molecule has 0 unspecified atom stereocenters. The minimum Gasteiger partial charge on any atom is -0.319 e. The molecule has 0 aliphatic rings. The number of nitrogens with one attached hydrogen (secondary N) is 1. The van der Waals surface area contributed by atoms with Crippen LogP contribution in [0.1, 0.15) is 5.56 Å². The molecular weight excluding hydrogens is 433 g/mol. The molecule has 2 aromatic carbocycles. The van der Waals surface area contributed by atoms with E-state index in [1.807, 2.05) is 24.3 Å². The van der Waals surface area contributed by atoms with Crippen LogP contribution in [0.25, 0.3) is 33.5 Å². The van der Waals surface area contributed by atoms with Gasteiger partial charge in [-0.25, -0.2) is 4.68 Å². The Hall–Kier alpha value is -4.47. The fourth-order valence-electron chi connectivity index (χ4n) is 3.61. The molecule has 0 fully saturated rings. The summed E-state index contributed by atoms with van der Waals surface area (Å²) in [6.07, 6.45) is -0.0359. The highest BCUT2D eigenvalue weighted by atomic mass is 19.4. The average Bonchev–Trinajstić information content (AvgIpc) is 3.43. The fourth-order valence-corrected chi connectivity index (χ4v) is 3.61. The van der Waals surface area contributed by atoms with Gasteiger partial charge < -0.3 is 5.32 Å². The van der Waals surface area contributed by atoms with Crippen LogP contribution >= 0.6 is 0 Å². The number of nitrogens with zero attached hydrogens (tertiary/aromatic N) is 5. The first-order valence-corrected chi connectivity index (χ1v) is 9.78. The van der Waals surface area contributed by atoms with Crippen LogP contribution in [0.5, 0.6) is 0 Å². The molecule has 3 aromatic heterocycles. The molecule has 0 aliphatic carbocycles. The van der Waals surface area contributed by atoms with Crippen LogP contribution in [0.2, 0.25) is 0 Å². The van der Waals surface area contributed by atoms with Crippen molar-refractivity contribution in [1.82, 2.24) is 24.4 Å². The van der Waals surface area contributed by atoms with Crippen molar-refractivity contribution >= 4 is 28.1 Å². The Kier molecular flexibility index (Phi) is 4.70. The van der Waals surface area contributed by atoms with Gasteiger partial charge in [-0.05, 0) is 30.3 Å². The Morgan fingerprint density at radius 2 is 1.85 bits per heavy atom. The third kappa shape index (κ3) is 3.61. The SMILES string of the molecule is C=CC(=O)Nc1cc(-n2nc(-c3ccc(C(F)(F)F)cc3)c3ccccc32)cn2cnnc12. The van der Waals surface area contributed by atoms with E-state index in [0.29, 0.717) is 28.3 Å². The van der Waals surface area contributed by atoms with E-state index in [0.717, 1.165) is 29.1 Å². The minimum atomic E-state index is -4.42. The molecule has 0 atom stereocenters. The first kappa shape index (κ1) is 20.4. The van der Waals surface area contributed by atoms with Crippen molar-refractivity contribution in [3.8, 4) is 16.9 Å². The zero-order valence-electron chi connectivity index (χ0n) is 16.9. The molecule has 5 rings (SSSR count). The molecule has 10 heteroatoms. The second-order valence-corrected chi connectivity index (χ2v) is 7.22. The standard InChI is InChI=1S/C23H15F3N6O/c1-2-20(33)28-18-11-16(12-31-13-27-29-22(18)31)32-19-6-4-3-5-17(19)21(30-32)14-7-9-15(10-8-14)23(24,25)26/h2-13H,1H2,(H,28,33). The van der Waals surface area contributed by atoms with Crippen LogP contribution in [-0.4, -0.2) is 30.3 Å². The lowest BCUT2D eigenvalue weighted by atomic mass is 10.1. The summed E-state index contributed by atoms with van der Waals surface area (Å²) >= 11 is 0. The van der Waals surface area contributed by atoms with Gasteiger partial charge in [-0.1, -0.05) is 36.9 Å². The number of hydrogen-bond donors (Lipinski definition) is 1. The molecule has 0 aliphatic heterocycles. The first-order chi connectivity index (χ1) is 15.8. The molecule has 0 saturated carbocycles. The van der Waals surface area contributed by atoms with Gasteiger partial charge in [-0.15, -0.1) is 10.2 Å². The van der Waals surface area contributed by atoms with Crippen LogP contribution in [-0.2, 0) is 11.0 Å². The maximum atomic E-state index is 13.0. The summed E-state index contributed by atoms with van der Waals surface area (Å²) in [5.74, 6) is -0.409. The summed E-state index contributed by atoms with van der Waals surface area (Å²) in [6, 6.07) is 14.0. The maximum Gasteiger partial charge on any atom is 0.416 e. The quantitative estimate of drug-likeness (QED) is 0.398. The number of para-hydroxylation sites is 1. The zero-order valence-corrected chi connectivity index (χ0v) is 16.9. The summed E-state index contributed by atoms with van der Waals surface area (Å²) < 4.78 is 42.3. The molecule has 0 bridgehead atoms. The number of carbonyl (C=O) groups excluding carboxylic acids is 1. The second kappa shape index (κ2) is 7.59. The van der Waals surface area contributed by atoms with Crippen LogP contribution in [0, 0.1) is 0 Å². The van der Waals surface area contributed by atoms with E-state index in [9.17, 15) is 18.0 Å². The minimum absolute atomic E-state index is 0.408. The fraction of sp³-hybridized carbons (Fsp3) is 0.0435. The highest BCUT2D eigenvalue weighted by Gasteiger charge is 2.30. The van der Waals surface area contributed by atoms with Crippen molar-refractivity contribution in [3.05, 3.63) is 85.3 Å². The molecular formula is C23H15F3N6O. The van der Waals surface area contributed by atoms with E-state index in [1.54, 1.807) is 21.3 Å². The predicted octanol–water partition coefficient (Wildman–Crippen LogP) is 4.88. The smallest absolute Gasteiger partial charge is 0.319 e. The summed E-state index contributed by atoms with van der Waals surface area (Å²) in [7, 11) is 0. The topological polar surface area (TPSA) is 77.1 Å². The normalized spacial score (nSPS) is 11.7. The van der Waals surface area contributed by atoms with Gasteiger partial charge in [-0.3, -0.25) is 9.20 Å². The van der Waals surface area contributed by atoms with Gasteiger partial charge >= 0.3 is 6.18 Å². The van der Waals surface area contributed by atoms with Crippen LogP contribution < -0.4 is 5.32 Å². The van der Waals surface area contributed by atoms with Crippen LogP contribution in [0.3, 0.4) is 0 Å². The number of amides is 1. The number of aromatic nitrogens is 5. The molecule has 33 heavy (non-hydrogen) atoms. The van der Waals surface area contributed by atoms with Gasteiger partial charge in [0.25, 0.3) is 0 Å². The van der Waals surface area contributed by atoms with E-state index < -0.39 is 17.6 Å². The number of fused-ring (bicyclic) bond motifs is 2. The molecule has 5 aromatic rings. The molecule has 1 N–H and O–H groups in total. The number of hydrogen-bond acceptors (Lipinski definition) is 4. The van der Waals surface area contributed by atoms with Gasteiger partial charge in [-0.2, -0.15) is 18.3 Å². The van der Waals surface area contributed by atoms with Crippen molar-refractivity contribution in [1.29, 1.82) is 0 Å². The number of anilines is 1. The summed E-state index contributed by atoms with van der Waals surface area (Å²) in [4.78, 5) is 11.9. The summed E-state index contributed by atoms with van der Waals surface area (Å²) in [5, 5.41) is 16.1. The zero-order chi connectivity index (χ0) is 23.2. The Balaban J connectivity index is 1.68. The number of pyridine rings is 1. The van der Waals surface area contributed by atoms with Gasteiger partial charge in [0.2, 0.25) is 5.91 Å². The number of alkyl halides is 3. The number of halogens is 3. The van der Waals surface area contributed by atoms with Gasteiger partial charge in [0, 0.05) is 17.1 Å². The number of carbonyl (C=O) groups is 1. The molecule has 7 nitrogen and oxygen atoms in total. The highest BCUT2D eigenvalue weighted by Crippen LogP contribution is 2.34. The maximum absolute atomic E-state index is 13.0. The Morgan fingerprint density at radius 1 is 1.09 bits per heavy atom. The van der Waals surface area contributed by atoms with E-state index in [4.69, 9.17) is 5.10 Å². The summed E-state index contributed by atoms with van der Waals surface area (Å²) in [6.45, 7) is 3.46. The molecule has 1 amide bonds. The first-order valence-electron chi connectivity index (χ1n) is 9.78. The molecule has 0 radical (unpaired) electrons. The van der Waals surface area contributed by atoms with Gasteiger partial charge in [0.05, 0.1) is 22.5 Å². The van der Waals surface area contributed by atoms with Gasteiger partial charge in [0.1, 0.15) is 12.0 Å². The molecule has 164 valence electrons. The van der Waals surface area contributed by atoms with Crippen molar-refractivity contribution in [3.63, 3.8) is 0 Å². The van der Waals surface area contributed by atoms with E-state index in [1.165, 1.54) is 18.5 Å². The van der Waals surface area contributed by atoms with Crippen LogP contribution in [0.4, 0.5) is 18.9 Å². The van der Waals surface area contributed by atoms with Crippen LogP contribution in [0.15, 0.2) is 79.8 Å². The van der Waals surface area contributed by atoms with E-state index in [-0.39, 0.29) is 0 Å². The Morgan fingerprint density at radius 3 is 2.58 bits per heavy atom. The molecule has 3 heterocycles. The Bertz CT molecular complexity index is 1520. The molecule has 0 saturated heterocycles. The van der Waals surface area contributed by atoms with Crippen molar-refractivity contribution in [2.45, 2.75) is 6.18 Å². The van der Waals surface area contributed by atoms with Crippen molar-refractivity contribution in [2.24, 2.45) is 0 Å². The highest BCUT2D eigenvalue weighted by molar-refractivity contribution is 6.01. The van der Waals surface area contributed by atoms with Gasteiger partial charge in [0.15, 0.2) is 5.65 Å². The van der Waals surface area contributed by atoms with Crippen molar-refractivity contribution < 1.29 is 18.0 Å². The lowest BCUT2D eigenvalue weighted by Crippen LogP contribution is -2.10. The van der Waals surface area contributed by atoms with E-state index in [2.05, 4.69) is 22.1 Å². The predicted molar refractivity (Wildman–Crippen MR) is 117 cm³/mol. The molecule has 0 spiro atoms. The Labute approximate surface area is 184 Å².